The number of esters is 2. The molecule has 0 aromatic carbocycles. The first-order valence-corrected chi connectivity index (χ1v) is 24.0. The smallest absolute Gasteiger partial charge is 0.664 e. The van der Waals surface area contributed by atoms with Gasteiger partial charge in [0.2, 0.25) is 0 Å². The van der Waals surface area contributed by atoms with E-state index in [1.807, 2.05) is 44.2 Å². The summed E-state index contributed by atoms with van der Waals surface area (Å²) in [5.41, 5.74) is 10.7. The molecular weight excluding hydrogens is 821 g/mol. The van der Waals surface area contributed by atoms with Crippen LogP contribution in [0.4, 0.5) is 0 Å². The van der Waals surface area contributed by atoms with Crippen LogP contribution in [0, 0.1) is 56.3 Å². The summed E-state index contributed by atoms with van der Waals surface area (Å²) in [6.45, 7) is 26.0. The van der Waals surface area contributed by atoms with Crippen LogP contribution in [0.25, 0.3) is 35.2 Å². The molecule has 1 unspecified atom stereocenters. The summed E-state index contributed by atoms with van der Waals surface area (Å²) in [5.74, 6) is -0.711. The van der Waals surface area contributed by atoms with Gasteiger partial charge >= 0.3 is 35.0 Å². The van der Waals surface area contributed by atoms with E-state index in [0.717, 1.165) is 81.1 Å². The number of ketones is 1. The molecule has 8 bridgehead atoms. The van der Waals surface area contributed by atoms with E-state index < -0.39 is 11.9 Å². The third kappa shape index (κ3) is 11.6. The van der Waals surface area contributed by atoms with Crippen molar-refractivity contribution in [3.8, 4) is 0 Å². The molecule has 1 saturated heterocycles. The van der Waals surface area contributed by atoms with Gasteiger partial charge in [0.15, 0.2) is 5.78 Å². The number of Topliss-reactive ketones (excluding diaryl/α,β-unsaturated/α-hetero) is 1. The molecule has 0 saturated carbocycles. The second-order valence-electron chi connectivity index (χ2n) is 19.4. The third-order valence-electron chi connectivity index (χ3n) is 14.2. The molecule has 9 nitrogen and oxygen atoms in total. The largest absolute Gasteiger partial charge is 2.00 e. The van der Waals surface area contributed by atoms with Gasteiger partial charge in [-0.15, -0.1) is 33.5 Å². The Morgan fingerprint density at radius 1 is 0.831 bits per heavy atom. The van der Waals surface area contributed by atoms with Crippen molar-refractivity contribution in [2.75, 3.05) is 13.7 Å². The summed E-state index contributed by atoms with van der Waals surface area (Å²) in [4.78, 5) is 56.6. The molecule has 3 aliphatic rings. The van der Waals surface area contributed by atoms with E-state index in [9.17, 15) is 14.4 Å². The van der Waals surface area contributed by atoms with Gasteiger partial charge in [-0.1, -0.05) is 151 Å². The topological polar surface area (TPSA) is 126 Å². The maximum Gasteiger partial charge on any atom is 2.00 e. The van der Waals surface area contributed by atoms with Gasteiger partial charge in [0, 0.05) is 12.0 Å². The van der Waals surface area contributed by atoms with Crippen molar-refractivity contribution in [1.29, 1.82) is 0 Å². The van der Waals surface area contributed by atoms with E-state index in [1.54, 1.807) is 0 Å². The Balaban J connectivity index is 0.00000793. The minimum absolute atomic E-state index is 0. The normalized spacial score (nSPS) is 21.7. The van der Waals surface area contributed by atoms with Crippen LogP contribution >= 0.6 is 0 Å². The number of hydrogen-bond donors (Lipinski definition) is 0. The number of aromatic nitrogens is 3. The molecule has 65 heavy (non-hydrogen) atoms. The van der Waals surface area contributed by atoms with Crippen LogP contribution in [0.15, 0.2) is 29.6 Å². The first-order chi connectivity index (χ1) is 30.6. The van der Waals surface area contributed by atoms with Gasteiger partial charge in [-0.25, -0.2) is 0 Å². The fourth-order valence-electron chi connectivity index (χ4n) is 10.1. The molecule has 0 N–H and O–H groups in total. The number of nitrogens with zero attached hydrogens (tertiary/aromatic N) is 4. The molecular formula is C55H72MgN4O5-2. The van der Waals surface area contributed by atoms with Crippen molar-refractivity contribution < 1.29 is 23.9 Å². The summed E-state index contributed by atoms with van der Waals surface area (Å²) >= 11 is 0. The first-order valence-electron chi connectivity index (χ1n) is 24.0. The van der Waals surface area contributed by atoms with Crippen LogP contribution in [0.3, 0.4) is 0 Å². The van der Waals surface area contributed by atoms with Crippen LogP contribution in [-0.4, -0.2) is 54.5 Å². The number of hydrogen-bond acceptors (Lipinski definition) is 5. The SMILES string of the molecule is C=Cc1c2[n-]c(c1C)/C=C1\[N-]/C(=C3\c4[n-]c(c(C)c4C(=O)[C@@H]3C(=O)OC)/C=c3\[n-]/c(c(C)c3CC)=C\2)[C@@H](CCC(=O)OC/C=C(\C)CCCC(C)CCC[C@H](C)CCCC(C)C)[C@@H]1C.[Mg+2]. The molecule has 346 valence electrons. The number of carbonyl (C=O) groups excluding carboxylic acids is 3. The van der Waals surface area contributed by atoms with E-state index in [0.29, 0.717) is 46.1 Å². The van der Waals surface area contributed by atoms with Gasteiger partial charge in [-0.3, -0.25) is 14.4 Å². The Morgan fingerprint density at radius 3 is 2.12 bits per heavy atom. The Hall–Kier alpha value is -4.28. The fraction of sp³-hybridized carbons (Fsp3) is 0.545. The maximum atomic E-state index is 14.4. The molecule has 3 aromatic rings. The Morgan fingerprint density at radius 2 is 1.48 bits per heavy atom. The minimum atomic E-state index is -1.22. The fourth-order valence-corrected chi connectivity index (χ4v) is 10.1. The van der Waals surface area contributed by atoms with Gasteiger partial charge in [0.25, 0.3) is 0 Å². The van der Waals surface area contributed by atoms with E-state index >= 15 is 0 Å². The molecule has 0 radical (unpaired) electrons. The van der Waals surface area contributed by atoms with E-state index in [4.69, 9.17) is 29.7 Å². The molecule has 1 aliphatic carbocycles. The summed E-state index contributed by atoms with van der Waals surface area (Å²) in [6.07, 6.45) is 22.4. The Kier molecular flexibility index (Phi) is 18.3. The second kappa shape index (κ2) is 22.9. The summed E-state index contributed by atoms with van der Waals surface area (Å²) in [6, 6.07) is 0. The Labute approximate surface area is 404 Å². The summed E-state index contributed by atoms with van der Waals surface area (Å²) in [7, 11) is 1.30. The predicted molar refractivity (Wildman–Crippen MR) is 265 cm³/mol. The zero-order valence-corrected chi connectivity index (χ0v) is 42.7. The van der Waals surface area contributed by atoms with Crippen molar-refractivity contribution in [3.05, 3.63) is 102 Å². The van der Waals surface area contributed by atoms with Gasteiger partial charge in [0.1, 0.15) is 12.5 Å². The number of allylic oxidation sites excluding steroid dienone is 3. The van der Waals surface area contributed by atoms with Crippen LogP contribution in [0.1, 0.15) is 180 Å². The van der Waals surface area contributed by atoms with Gasteiger partial charge in [0.05, 0.1) is 7.11 Å². The monoisotopic (exact) mass is 893 g/mol. The number of fused-ring (bicyclic) bond motifs is 7. The van der Waals surface area contributed by atoms with Crippen molar-refractivity contribution in [2.24, 2.45) is 35.5 Å². The van der Waals surface area contributed by atoms with Crippen molar-refractivity contribution in [2.45, 2.75) is 146 Å². The van der Waals surface area contributed by atoms with Crippen LogP contribution in [0.2, 0.25) is 0 Å². The van der Waals surface area contributed by atoms with E-state index in [2.05, 4.69) is 62.0 Å². The quantitative estimate of drug-likeness (QED) is 0.0475. The van der Waals surface area contributed by atoms with Gasteiger partial charge < -0.3 is 29.7 Å². The standard InChI is InChI=1S/C55H73N4O5.Mg/c1-13-39-35(8)42-28-44-37(10)41(24-25-48(60)64-27-26-34(7)23-17-22-33(6)21-16-20-32(5)19-15-18-31(3)4)52(58-44)50-51(55(62)63-12)54(61)49-38(11)45(59-53(49)50)30-47-40(14-2)36(9)43(57-47)29-46(39)56-42;/h13,26,28-33,37,41,51H,1,14-25,27H2,2-12H3,(H-,58,59,61);/q-3;+2/p-1/b34-26+,43-29-,44-28-,47-30-;/t32-,33?,37+,41+,51-;/m1./s1. The molecule has 3 aromatic heterocycles. The predicted octanol–water partition coefficient (Wildman–Crippen LogP) is 10.4. The summed E-state index contributed by atoms with van der Waals surface area (Å²) < 4.78 is 11.0. The summed E-state index contributed by atoms with van der Waals surface area (Å²) in [5, 5.41) is 6.83. The van der Waals surface area contributed by atoms with Crippen LogP contribution < -0.4 is 25.7 Å². The molecule has 6 rings (SSSR count). The van der Waals surface area contributed by atoms with E-state index in [-0.39, 0.29) is 59.7 Å². The van der Waals surface area contributed by atoms with Crippen molar-refractivity contribution >= 4 is 70.7 Å². The van der Waals surface area contributed by atoms with Crippen LogP contribution in [-0.2, 0) is 25.5 Å². The zero-order chi connectivity index (χ0) is 46.4. The van der Waals surface area contributed by atoms with Gasteiger partial charge in [-0.05, 0) is 94.6 Å². The Bertz CT molecular complexity index is 2450. The maximum absolute atomic E-state index is 14.4. The van der Waals surface area contributed by atoms with Crippen LogP contribution in [0.5, 0.6) is 0 Å². The van der Waals surface area contributed by atoms with Crippen molar-refractivity contribution in [3.63, 3.8) is 0 Å². The number of rotatable bonds is 20. The first kappa shape index (κ1) is 51.7. The average molecular weight is 894 g/mol. The third-order valence-corrected chi connectivity index (χ3v) is 14.2. The number of ether oxygens (including phenoxy) is 2. The molecule has 0 spiro atoms. The number of methoxy groups -OCH3 is 1. The van der Waals surface area contributed by atoms with Gasteiger partial charge in [-0.2, -0.15) is 11.4 Å². The zero-order valence-electron chi connectivity index (χ0n) is 41.3. The minimum Gasteiger partial charge on any atom is -0.664 e. The van der Waals surface area contributed by atoms with Crippen molar-refractivity contribution in [1.82, 2.24) is 15.0 Å². The molecule has 5 atom stereocenters. The molecule has 2 aliphatic heterocycles. The number of carbonyl (C=O) groups is 3. The van der Waals surface area contributed by atoms with E-state index in [1.165, 1.54) is 57.6 Å². The molecule has 0 amide bonds. The molecule has 1 fully saturated rings. The second-order valence-corrected chi connectivity index (χ2v) is 19.4. The molecule has 10 heteroatoms. The average Bonchev–Trinajstić information content (AvgIpc) is 3.99. The molecule has 5 heterocycles.